The molecule has 4 amide bonds. The summed E-state index contributed by atoms with van der Waals surface area (Å²) < 4.78 is 14.0. The van der Waals surface area contributed by atoms with Crippen molar-refractivity contribution < 1.29 is 28.7 Å². The van der Waals surface area contributed by atoms with Crippen LogP contribution in [0.15, 0.2) is 121 Å². The molecule has 4 aromatic rings. The van der Waals surface area contributed by atoms with Gasteiger partial charge in [-0.3, -0.25) is 24.1 Å². The topological polar surface area (TPSA) is 107 Å². The number of nitrogens with zero attached hydrogens (tertiary/aromatic N) is 2. The highest BCUT2D eigenvalue weighted by molar-refractivity contribution is 6.58. The molecule has 4 aromatic carbocycles. The molecule has 0 aromatic heterocycles. The second-order valence-electron chi connectivity index (χ2n) is 13.6. The van der Waals surface area contributed by atoms with Crippen LogP contribution in [-0.4, -0.2) is 38.5 Å². The summed E-state index contributed by atoms with van der Waals surface area (Å²) in [6, 6.07) is 26.4. The second-order valence-corrected chi connectivity index (χ2v) is 14.9. The molecule has 0 bridgehead atoms. The lowest BCUT2D eigenvalue weighted by Gasteiger charge is -2.50. The highest BCUT2D eigenvalue weighted by Crippen LogP contribution is 2.66. The molecular weight excluding hydrogens is 704 g/mol. The lowest BCUT2D eigenvalue weighted by atomic mass is 9.56. The van der Waals surface area contributed by atoms with Crippen LogP contribution < -0.4 is 15.1 Å². The number of nitrogens with one attached hydrogen (secondary N) is 1. The first-order valence-corrected chi connectivity index (χ1v) is 17.7. The fraction of sp³-hybridized carbons (Fsp3) is 0.220. The SMILES string of the molecule is C=CCc1cccc(C2C3=CCC4C(=O)N(c5ccc(Nc6ccccc6)cc5)C(=O)C4C3CC3(Cl)C(=O)N(c4ccc(F)cc4)C(=O)C23Cl)c1O. The fourth-order valence-corrected chi connectivity index (χ4v) is 9.47. The molecule has 2 N–H and O–H groups in total. The van der Waals surface area contributed by atoms with E-state index >= 15 is 0 Å². The van der Waals surface area contributed by atoms with E-state index in [1.807, 2.05) is 36.4 Å². The average molecular weight is 737 g/mol. The number of carbonyl (C=O) groups is 4. The first-order chi connectivity index (χ1) is 25.0. The molecular formula is C41H32Cl2FN3O5. The van der Waals surface area contributed by atoms with Crippen LogP contribution in [0.25, 0.3) is 0 Å². The summed E-state index contributed by atoms with van der Waals surface area (Å²) in [5.41, 5.74) is 3.43. The minimum absolute atomic E-state index is 0.0764. The summed E-state index contributed by atoms with van der Waals surface area (Å²) in [5.74, 6) is -6.84. The third-order valence-electron chi connectivity index (χ3n) is 10.9. The van der Waals surface area contributed by atoms with E-state index in [1.165, 1.54) is 17.0 Å². The van der Waals surface area contributed by atoms with Crippen LogP contribution in [0.3, 0.4) is 0 Å². The van der Waals surface area contributed by atoms with E-state index in [-0.39, 0.29) is 35.7 Å². The zero-order chi connectivity index (χ0) is 36.5. The maximum atomic E-state index is 14.6. The number of halogens is 3. The van der Waals surface area contributed by atoms with Crippen molar-refractivity contribution in [1.29, 1.82) is 0 Å². The largest absolute Gasteiger partial charge is 0.507 e. The third kappa shape index (κ3) is 4.86. The Morgan fingerprint density at radius 2 is 1.46 bits per heavy atom. The van der Waals surface area contributed by atoms with Crippen LogP contribution in [-0.2, 0) is 25.6 Å². The maximum Gasteiger partial charge on any atom is 0.258 e. The van der Waals surface area contributed by atoms with E-state index in [1.54, 1.807) is 48.5 Å². The normalized spacial score (nSPS) is 27.9. The molecule has 0 spiro atoms. The first-order valence-electron chi connectivity index (χ1n) is 16.9. The smallest absolute Gasteiger partial charge is 0.258 e. The molecule has 262 valence electrons. The number of allylic oxidation sites excluding steroid dienone is 3. The van der Waals surface area contributed by atoms with Gasteiger partial charge < -0.3 is 10.4 Å². The van der Waals surface area contributed by atoms with Gasteiger partial charge in [-0.05, 0) is 91.4 Å². The summed E-state index contributed by atoms with van der Waals surface area (Å²) in [6.45, 7) is 3.78. The van der Waals surface area contributed by atoms with Crippen molar-refractivity contribution in [1.82, 2.24) is 0 Å². The van der Waals surface area contributed by atoms with Gasteiger partial charge in [-0.2, -0.15) is 0 Å². The van der Waals surface area contributed by atoms with Gasteiger partial charge in [0.1, 0.15) is 11.6 Å². The summed E-state index contributed by atoms with van der Waals surface area (Å²) in [4.78, 5) is 55.4. The summed E-state index contributed by atoms with van der Waals surface area (Å²) in [6.07, 6.45) is 3.68. The Morgan fingerprint density at radius 3 is 2.15 bits per heavy atom. The molecule has 0 radical (unpaired) electrons. The van der Waals surface area contributed by atoms with Crippen molar-refractivity contribution in [2.75, 3.05) is 15.1 Å². The number of aromatic hydroxyl groups is 1. The number of imide groups is 2. The number of anilines is 4. The molecule has 2 heterocycles. The Bertz CT molecular complexity index is 2190. The lowest BCUT2D eigenvalue weighted by Crippen LogP contribution is -2.60. The van der Waals surface area contributed by atoms with Crippen LogP contribution in [0, 0.1) is 23.6 Å². The zero-order valence-electron chi connectivity index (χ0n) is 27.6. The summed E-state index contributed by atoms with van der Waals surface area (Å²) in [5, 5.41) is 15.0. The molecule has 2 saturated heterocycles. The molecule has 8 rings (SSSR count). The molecule has 2 aliphatic heterocycles. The number of carbonyl (C=O) groups excluding carboxylic acids is 4. The highest BCUT2D eigenvalue weighted by Gasteiger charge is 2.77. The summed E-state index contributed by atoms with van der Waals surface area (Å²) >= 11 is 14.9. The Morgan fingerprint density at radius 1 is 0.808 bits per heavy atom. The summed E-state index contributed by atoms with van der Waals surface area (Å²) in [7, 11) is 0. The van der Waals surface area contributed by atoms with Gasteiger partial charge in [0, 0.05) is 22.9 Å². The minimum atomic E-state index is -2.16. The van der Waals surface area contributed by atoms with E-state index in [2.05, 4.69) is 11.9 Å². The van der Waals surface area contributed by atoms with Crippen molar-refractivity contribution in [3.05, 3.63) is 138 Å². The van der Waals surface area contributed by atoms with Gasteiger partial charge in [-0.15, -0.1) is 29.8 Å². The van der Waals surface area contributed by atoms with Gasteiger partial charge >= 0.3 is 0 Å². The number of hydrogen-bond acceptors (Lipinski definition) is 6. The molecule has 11 heteroatoms. The van der Waals surface area contributed by atoms with Crippen molar-refractivity contribution >= 4 is 69.6 Å². The van der Waals surface area contributed by atoms with E-state index in [0.29, 0.717) is 23.2 Å². The fourth-order valence-electron chi connectivity index (χ4n) is 8.55. The quantitative estimate of drug-likeness (QED) is 0.114. The van der Waals surface area contributed by atoms with Crippen LogP contribution >= 0.6 is 23.2 Å². The molecule has 6 unspecified atom stereocenters. The van der Waals surface area contributed by atoms with Gasteiger partial charge in [0.15, 0.2) is 9.75 Å². The number of fused-ring (bicyclic) bond motifs is 4. The van der Waals surface area contributed by atoms with Crippen LogP contribution in [0.4, 0.5) is 27.1 Å². The predicted molar refractivity (Wildman–Crippen MR) is 197 cm³/mol. The van der Waals surface area contributed by atoms with Crippen LogP contribution in [0.5, 0.6) is 5.75 Å². The molecule has 1 saturated carbocycles. The number of rotatable bonds is 7. The number of phenols is 1. The number of alkyl halides is 2. The van der Waals surface area contributed by atoms with E-state index < -0.39 is 57.0 Å². The molecule has 52 heavy (non-hydrogen) atoms. The van der Waals surface area contributed by atoms with Crippen molar-refractivity contribution in [3.8, 4) is 5.75 Å². The van der Waals surface area contributed by atoms with E-state index in [9.17, 15) is 28.7 Å². The molecule has 2 aliphatic carbocycles. The van der Waals surface area contributed by atoms with Gasteiger partial charge in [-0.1, -0.05) is 54.1 Å². The number of phenolic OH excluding ortho intramolecular Hbond substituents is 1. The van der Waals surface area contributed by atoms with Gasteiger partial charge in [0.25, 0.3) is 11.8 Å². The molecule has 8 nitrogen and oxygen atoms in total. The molecule has 4 aliphatic rings. The molecule has 6 atom stereocenters. The lowest BCUT2D eigenvalue weighted by molar-refractivity contribution is -0.125. The number of amides is 4. The Hall–Kier alpha value is -5.25. The predicted octanol–water partition coefficient (Wildman–Crippen LogP) is 7.77. The van der Waals surface area contributed by atoms with Gasteiger partial charge in [0.2, 0.25) is 11.8 Å². The van der Waals surface area contributed by atoms with E-state index in [0.717, 1.165) is 28.4 Å². The van der Waals surface area contributed by atoms with Gasteiger partial charge in [0.05, 0.1) is 23.2 Å². The third-order valence-corrected chi connectivity index (χ3v) is 12.3. The number of para-hydroxylation sites is 2. The second kappa shape index (κ2) is 12.5. The van der Waals surface area contributed by atoms with Crippen LogP contribution in [0.2, 0.25) is 0 Å². The van der Waals surface area contributed by atoms with Crippen molar-refractivity contribution in [3.63, 3.8) is 0 Å². The number of benzene rings is 4. The first kappa shape index (κ1) is 33.9. The Kier molecular flexibility index (Phi) is 8.12. The maximum absolute atomic E-state index is 14.6. The Labute approximate surface area is 309 Å². The standard InChI is InChI=1S/C41H32Cl2FN3O5/c1-2-7-23-8-6-11-31(35(23)48)34-29-20-21-30-33(37(50)46(36(30)49)27-18-14-26(15-19-27)45-25-9-4-3-5-10-25)32(29)22-40(42)38(51)47(39(52)41(34,40)43)28-16-12-24(44)13-17-28/h2-6,8-20,30,32-34,45,48H,1,7,21-22H2. The van der Waals surface area contributed by atoms with Crippen molar-refractivity contribution in [2.45, 2.75) is 34.9 Å². The minimum Gasteiger partial charge on any atom is -0.507 e. The zero-order valence-corrected chi connectivity index (χ0v) is 29.2. The molecule has 3 fully saturated rings. The van der Waals surface area contributed by atoms with Gasteiger partial charge in [-0.25, -0.2) is 9.29 Å². The van der Waals surface area contributed by atoms with Crippen LogP contribution in [0.1, 0.15) is 29.9 Å². The average Bonchev–Trinajstić information content (AvgIpc) is 3.48. The highest BCUT2D eigenvalue weighted by atomic mass is 35.5. The number of hydrogen-bond donors (Lipinski definition) is 2. The van der Waals surface area contributed by atoms with Crippen molar-refractivity contribution in [2.24, 2.45) is 17.8 Å². The van der Waals surface area contributed by atoms with E-state index in [4.69, 9.17) is 23.2 Å². The monoisotopic (exact) mass is 735 g/mol. The Balaban J connectivity index is 1.22.